The molecule has 142 valence electrons. The summed E-state index contributed by atoms with van der Waals surface area (Å²) in [5.41, 5.74) is 10.2. The molecule has 0 radical (unpaired) electrons. The largest absolute Gasteiger partial charge is 0.404 e. The molecule has 0 bridgehead atoms. The quantitative estimate of drug-likeness (QED) is 0.885. The van der Waals surface area contributed by atoms with Crippen molar-refractivity contribution in [2.75, 3.05) is 31.2 Å². The first-order valence-corrected chi connectivity index (χ1v) is 9.75. The molecule has 0 amide bonds. The number of aromatic nitrogens is 4. The summed E-state index contributed by atoms with van der Waals surface area (Å²) < 4.78 is 7.53. The van der Waals surface area contributed by atoms with Gasteiger partial charge < -0.3 is 15.4 Å². The van der Waals surface area contributed by atoms with Crippen LogP contribution in [0.5, 0.6) is 0 Å². The number of nitrogens with zero attached hydrogens (tertiary/aromatic N) is 6. The third-order valence-electron chi connectivity index (χ3n) is 5.67. The van der Waals surface area contributed by atoms with E-state index in [-0.39, 0.29) is 0 Å². The van der Waals surface area contributed by atoms with E-state index in [0.717, 1.165) is 73.3 Å². The molecule has 4 heterocycles. The van der Waals surface area contributed by atoms with Crippen molar-refractivity contribution in [1.29, 1.82) is 0 Å². The van der Waals surface area contributed by atoms with Gasteiger partial charge in [-0.2, -0.15) is 5.10 Å². The van der Waals surface area contributed by atoms with E-state index in [0.29, 0.717) is 12.0 Å². The van der Waals surface area contributed by atoms with Gasteiger partial charge in [0.2, 0.25) is 0 Å². The number of hydrogen-bond acceptors (Lipinski definition) is 7. The standard InChI is InChI=1S/C19H25N7O/c1-12-23-17(14-5-7-27-10-14)18-19(21-11-22-26(12)18)25-6-4-13(8-20)16(9-25)24-15-2-3-15/h8,11,14-15H,2-7,9-10,20H2,1H3/t14-/m1/s1. The van der Waals surface area contributed by atoms with E-state index in [4.69, 9.17) is 20.4 Å². The Morgan fingerprint density at radius 2 is 2.22 bits per heavy atom. The van der Waals surface area contributed by atoms with E-state index < -0.39 is 0 Å². The molecule has 1 saturated carbocycles. The van der Waals surface area contributed by atoms with E-state index in [9.17, 15) is 0 Å². The maximum Gasteiger partial charge on any atom is 0.158 e. The molecule has 2 aromatic rings. The lowest BCUT2D eigenvalue weighted by molar-refractivity contribution is 0.193. The Morgan fingerprint density at radius 3 is 2.96 bits per heavy atom. The fraction of sp³-hybridized carbons (Fsp3) is 0.579. The van der Waals surface area contributed by atoms with Gasteiger partial charge in [0.25, 0.3) is 0 Å². The highest BCUT2D eigenvalue weighted by Gasteiger charge is 2.30. The molecule has 3 aliphatic rings. The van der Waals surface area contributed by atoms with Gasteiger partial charge in [-0.25, -0.2) is 14.5 Å². The number of imidazole rings is 1. The molecule has 5 rings (SSSR count). The molecular formula is C19H25N7O. The Kier molecular flexibility index (Phi) is 4.07. The van der Waals surface area contributed by atoms with Gasteiger partial charge in [0.1, 0.15) is 17.7 Å². The Morgan fingerprint density at radius 1 is 1.33 bits per heavy atom. The second-order valence-electron chi connectivity index (χ2n) is 7.62. The van der Waals surface area contributed by atoms with Crippen LogP contribution < -0.4 is 10.6 Å². The molecule has 2 aliphatic heterocycles. The van der Waals surface area contributed by atoms with Crippen molar-refractivity contribution < 1.29 is 4.74 Å². The first-order valence-electron chi connectivity index (χ1n) is 9.75. The van der Waals surface area contributed by atoms with Crippen LogP contribution in [0.4, 0.5) is 5.82 Å². The van der Waals surface area contributed by atoms with Crippen LogP contribution in [0.25, 0.3) is 5.52 Å². The Bertz CT molecular complexity index is 922. The van der Waals surface area contributed by atoms with Crippen molar-refractivity contribution in [2.45, 2.75) is 44.6 Å². The van der Waals surface area contributed by atoms with E-state index >= 15 is 0 Å². The van der Waals surface area contributed by atoms with Gasteiger partial charge in [0.15, 0.2) is 5.82 Å². The van der Waals surface area contributed by atoms with Crippen molar-refractivity contribution in [3.63, 3.8) is 0 Å². The molecule has 8 heteroatoms. The highest BCUT2D eigenvalue weighted by atomic mass is 16.5. The van der Waals surface area contributed by atoms with Crippen molar-refractivity contribution in [3.8, 4) is 0 Å². The van der Waals surface area contributed by atoms with Crippen LogP contribution in [0, 0.1) is 6.92 Å². The van der Waals surface area contributed by atoms with Crippen LogP contribution in [-0.4, -0.2) is 57.6 Å². The summed E-state index contributed by atoms with van der Waals surface area (Å²) in [5, 5.41) is 4.45. The first-order chi connectivity index (χ1) is 13.2. The van der Waals surface area contributed by atoms with Crippen LogP contribution in [0.1, 0.15) is 43.1 Å². The summed E-state index contributed by atoms with van der Waals surface area (Å²) in [5.74, 6) is 2.14. The molecule has 3 fully saturated rings. The van der Waals surface area contributed by atoms with Crippen molar-refractivity contribution in [3.05, 3.63) is 29.6 Å². The minimum absolute atomic E-state index is 0.308. The van der Waals surface area contributed by atoms with Gasteiger partial charge in [-0.1, -0.05) is 0 Å². The maximum absolute atomic E-state index is 5.86. The number of ether oxygens (including phenoxy) is 1. The number of aryl methyl sites for hydroxylation is 1. The summed E-state index contributed by atoms with van der Waals surface area (Å²) in [6.45, 7) is 5.10. The second-order valence-corrected chi connectivity index (χ2v) is 7.62. The molecular weight excluding hydrogens is 342 g/mol. The van der Waals surface area contributed by atoms with Gasteiger partial charge in [-0.05, 0) is 44.4 Å². The number of nitrogens with two attached hydrogens (primary N) is 1. The SMILES string of the molecule is Cc1nc([C@@H]2CCOC2)c2c(N3CCC(=CN)C(=NC4CC4)C3)ncnn12. The zero-order chi connectivity index (χ0) is 18.4. The molecule has 27 heavy (non-hydrogen) atoms. The lowest BCUT2D eigenvalue weighted by Gasteiger charge is -2.31. The lowest BCUT2D eigenvalue weighted by Crippen LogP contribution is -2.38. The molecule has 8 nitrogen and oxygen atoms in total. The van der Waals surface area contributed by atoms with Gasteiger partial charge in [0.05, 0.1) is 30.6 Å². The first kappa shape index (κ1) is 16.7. The van der Waals surface area contributed by atoms with Crippen molar-refractivity contribution >= 4 is 17.0 Å². The number of piperidine rings is 1. The molecule has 1 aliphatic carbocycles. The highest BCUT2D eigenvalue weighted by Crippen LogP contribution is 2.34. The fourth-order valence-electron chi connectivity index (χ4n) is 4.02. The van der Waals surface area contributed by atoms with E-state index in [1.807, 2.05) is 11.4 Å². The molecule has 2 aromatic heterocycles. The Hall–Kier alpha value is -2.48. The molecule has 0 aromatic carbocycles. The third kappa shape index (κ3) is 2.97. The molecule has 2 N–H and O–H groups in total. The second kappa shape index (κ2) is 6.60. The van der Waals surface area contributed by atoms with Gasteiger partial charge >= 0.3 is 0 Å². The Balaban J connectivity index is 1.56. The van der Waals surface area contributed by atoms with Gasteiger partial charge in [-0.3, -0.25) is 4.99 Å². The number of rotatable bonds is 3. The molecule has 0 spiro atoms. The summed E-state index contributed by atoms with van der Waals surface area (Å²) in [4.78, 5) is 16.7. The summed E-state index contributed by atoms with van der Waals surface area (Å²) in [6, 6.07) is 0.476. The fourth-order valence-corrected chi connectivity index (χ4v) is 4.02. The van der Waals surface area contributed by atoms with Crippen molar-refractivity contribution in [2.24, 2.45) is 10.7 Å². The van der Waals surface area contributed by atoms with Gasteiger partial charge in [0, 0.05) is 19.1 Å². The Labute approximate surface area is 158 Å². The summed E-state index contributed by atoms with van der Waals surface area (Å²) >= 11 is 0. The summed E-state index contributed by atoms with van der Waals surface area (Å²) in [6.07, 6.45) is 7.60. The van der Waals surface area contributed by atoms with Crippen LogP contribution in [0.3, 0.4) is 0 Å². The maximum atomic E-state index is 5.86. The van der Waals surface area contributed by atoms with E-state index in [1.54, 1.807) is 12.5 Å². The zero-order valence-electron chi connectivity index (χ0n) is 15.6. The van der Waals surface area contributed by atoms with Crippen LogP contribution in [-0.2, 0) is 4.74 Å². The minimum Gasteiger partial charge on any atom is -0.404 e. The van der Waals surface area contributed by atoms with Crippen LogP contribution >= 0.6 is 0 Å². The number of hydrogen-bond donors (Lipinski definition) is 1. The van der Waals surface area contributed by atoms with Crippen LogP contribution in [0.2, 0.25) is 0 Å². The number of fused-ring (bicyclic) bond motifs is 1. The van der Waals surface area contributed by atoms with E-state index in [2.05, 4.69) is 15.0 Å². The summed E-state index contributed by atoms with van der Waals surface area (Å²) in [7, 11) is 0. The normalized spacial score (nSPS) is 26.6. The minimum atomic E-state index is 0.308. The van der Waals surface area contributed by atoms with E-state index in [1.165, 1.54) is 12.8 Å². The molecule has 2 saturated heterocycles. The monoisotopic (exact) mass is 367 g/mol. The average Bonchev–Trinajstić information content (AvgIpc) is 3.21. The lowest BCUT2D eigenvalue weighted by atomic mass is 10.0. The molecule has 1 atom stereocenters. The van der Waals surface area contributed by atoms with Gasteiger partial charge in [-0.15, -0.1) is 0 Å². The topological polar surface area (TPSA) is 93.9 Å². The van der Waals surface area contributed by atoms with Crippen molar-refractivity contribution in [1.82, 2.24) is 19.6 Å². The average molecular weight is 367 g/mol. The highest BCUT2D eigenvalue weighted by molar-refractivity contribution is 6.04. The smallest absolute Gasteiger partial charge is 0.158 e. The number of aliphatic imine (C=N–C) groups is 1. The number of anilines is 1. The third-order valence-corrected chi connectivity index (χ3v) is 5.67. The van der Waals surface area contributed by atoms with Crippen LogP contribution in [0.15, 0.2) is 23.1 Å². The predicted molar refractivity (Wildman–Crippen MR) is 103 cm³/mol. The predicted octanol–water partition coefficient (Wildman–Crippen LogP) is 1.59. The zero-order valence-corrected chi connectivity index (χ0v) is 15.6. The molecule has 0 unspecified atom stereocenters.